The minimum atomic E-state index is -4.57. The van der Waals surface area contributed by atoms with Crippen molar-refractivity contribution in [3.05, 3.63) is 0 Å². The molecule has 0 radical (unpaired) electrons. The Labute approximate surface area is 88.6 Å². The first-order chi connectivity index (χ1) is 7.26. The van der Waals surface area contributed by atoms with E-state index in [2.05, 4.69) is 0 Å². The van der Waals surface area contributed by atoms with Gasteiger partial charge in [0.15, 0.2) is 0 Å². The van der Waals surface area contributed by atoms with E-state index >= 15 is 0 Å². The molecular weight excluding hydrogens is 237 g/mol. The monoisotopic (exact) mass is 249 g/mol. The number of rotatable bonds is 5. The summed E-state index contributed by atoms with van der Waals surface area (Å²) in [5, 5.41) is 1.49. The summed E-state index contributed by atoms with van der Waals surface area (Å²) in [7, 11) is 0. The summed E-state index contributed by atoms with van der Waals surface area (Å²) in [6, 6.07) is -1.21. The number of alkyl halides is 5. The smallest absolute Gasteiger partial charge is 0.329 e. The predicted molar refractivity (Wildman–Crippen MR) is 46.1 cm³/mol. The van der Waals surface area contributed by atoms with Crippen LogP contribution in [0.3, 0.4) is 0 Å². The van der Waals surface area contributed by atoms with E-state index < -0.39 is 31.7 Å². The largest absolute Gasteiger partial charge is 0.405 e. The summed E-state index contributed by atoms with van der Waals surface area (Å²) in [5.74, 6) is 0. The SMILES string of the molecule is NCCN(CC(F)F)C(=O)NCC(F)(F)F. The van der Waals surface area contributed by atoms with Gasteiger partial charge in [-0.05, 0) is 0 Å². The Morgan fingerprint density at radius 3 is 2.31 bits per heavy atom. The summed E-state index contributed by atoms with van der Waals surface area (Å²) in [6.07, 6.45) is -7.39. The summed E-state index contributed by atoms with van der Waals surface area (Å²) < 4.78 is 59.1. The maximum absolute atomic E-state index is 12.0. The third-order valence-electron chi connectivity index (χ3n) is 1.48. The molecule has 0 heterocycles. The molecule has 0 atom stereocenters. The fourth-order valence-corrected chi connectivity index (χ4v) is 0.886. The Kier molecular flexibility index (Phi) is 6.01. The van der Waals surface area contributed by atoms with Gasteiger partial charge in [-0.3, -0.25) is 0 Å². The van der Waals surface area contributed by atoms with Crippen molar-refractivity contribution in [2.45, 2.75) is 12.6 Å². The van der Waals surface area contributed by atoms with Crippen LogP contribution < -0.4 is 11.1 Å². The Morgan fingerprint density at radius 1 is 1.38 bits per heavy atom. The van der Waals surface area contributed by atoms with Crippen LogP contribution in [-0.4, -0.2) is 49.7 Å². The number of carbonyl (C=O) groups excluding carboxylic acids is 1. The highest BCUT2D eigenvalue weighted by molar-refractivity contribution is 5.74. The zero-order valence-corrected chi connectivity index (χ0v) is 8.23. The normalized spacial score (nSPS) is 11.7. The van der Waals surface area contributed by atoms with Gasteiger partial charge in [0.1, 0.15) is 6.54 Å². The van der Waals surface area contributed by atoms with E-state index in [1.54, 1.807) is 0 Å². The summed E-state index contributed by atoms with van der Waals surface area (Å²) >= 11 is 0. The quantitative estimate of drug-likeness (QED) is 0.707. The molecule has 0 bridgehead atoms. The Morgan fingerprint density at radius 2 is 1.94 bits per heavy atom. The fourth-order valence-electron chi connectivity index (χ4n) is 0.886. The third kappa shape index (κ3) is 7.21. The van der Waals surface area contributed by atoms with E-state index in [1.807, 2.05) is 0 Å². The minimum absolute atomic E-state index is 0.105. The topological polar surface area (TPSA) is 58.4 Å². The van der Waals surface area contributed by atoms with E-state index in [4.69, 9.17) is 5.73 Å². The van der Waals surface area contributed by atoms with Crippen molar-refractivity contribution in [2.24, 2.45) is 5.73 Å². The second-order valence-corrected chi connectivity index (χ2v) is 2.90. The average Bonchev–Trinajstić information content (AvgIpc) is 2.11. The van der Waals surface area contributed by atoms with Crippen LogP contribution in [0.1, 0.15) is 0 Å². The molecule has 0 aromatic rings. The van der Waals surface area contributed by atoms with E-state index in [1.165, 1.54) is 5.32 Å². The molecule has 0 aliphatic carbocycles. The zero-order valence-electron chi connectivity index (χ0n) is 8.23. The first-order valence-corrected chi connectivity index (χ1v) is 4.34. The van der Waals surface area contributed by atoms with Crippen molar-refractivity contribution in [2.75, 3.05) is 26.2 Å². The van der Waals surface area contributed by atoms with Crippen molar-refractivity contribution in [1.29, 1.82) is 0 Å². The first-order valence-electron chi connectivity index (χ1n) is 4.34. The minimum Gasteiger partial charge on any atom is -0.329 e. The number of nitrogens with two attached hydrogens (primary N) is 1. The number of amides is 2. The lowest BCUT2D eigenvalue weighted by Crippen LogP contribution is -2.47. The Bertz CT molecular complexity index is 221. The van der Waals surface area contributed by atoms with Crippen LogP contribution in [0.2, 0.25) is 0 Å². The molecule has 0 rings (SSSR count). The molecule has 0 spiro atoms. The van der Waals surface area contributed by atoms with Gasteiger partial charge < -0.3 is 16.0 Å². The number of hydrogen-bond acceptors (Lipinski definition) is 2. The van der Waals surface area contributed by atoms with E-state index in [0.29, 0.717) is 4.90 Å². The van der Waals surface area contributed by atoms with Crippen molar-refractivity contribution in [3.63, 3.8) is 0 Å². The molecule has 0 unspecified atom stereocenters. The molecule has 0 aromatic heterocycles. The number of halogens is 5. The number of nitrogens with one attached hydrogen (secondary N) is 1. The first kappa shape index (κ1) is 14.9. The second-order valence-electron chi connectivity index (χ2n) is 2.90. The number of hydrogen-bond donors (Lipinski definition) is 2. The molecule has 9 heteroatoms. The molecule has 0 saturated heterocycles. The van der Waals surface area contributed by atoms with Crippen molar-refractivity contribution >= 4 is 6.03 Å². The number of urea groups is 1. The van der Waals surface area contributed by atoms with Crippen LogP contribution in [0, 0.1) is 0 Å². The van der Waals surface area contributed by atoms with E-state index in [9.17, 15) is 26.7 Å². The fraction of sp³-hybridized carbons (Fsp3) is 0.857. The molecule has 0 saturated carbocycles. The van der Waals surface area contributed by atoms with Gasteiger partial charge in [0.05, 0.1) is 6.54 Å². The Hall–Kier alpha value is -1.12. The van der Waals surface area contributed by atoms with Crippen molar-refractivity contribution in [1.82, 2.24) is 10.2 Å². The molecule has 4 nitrogen and oxygen atoms in total. The van der Waals surface area contributed by atoms with Crippen molar-refractivity contribution in [3.8, 4) is 0 Å². The van der Waals surface area contributed by atoms with Crippen LogP contribution in [0.15, 0.2) is 0 Å². The highest BCUT2D eigenvalue weighted by atomic mass is 19.4. The summed E-state index contributed by atoms with van der Waals surface area (Å²) in [6.45, 7) is -2.84. The van der Waals surface area contributed by atoms with Gasteiger partial charge in [0.25, 0.3) is 6.43 Å². The van der Waals surface area contributed by atoms with Gasteiger partial charge in [-0.15, -0.1) is 0 Å². The van der Waals surface area contributed by atoms with Gasteiger partial charge in [0, 0.05) is 13.1 Å². The maximum atomic E-state index is 12.0. The highest BCUT2D eigenvalue weighted by Gasteiger charge is 2.29. The lowest BCUT2D eigenvalue weighted by Gasteiger charge is -2.22. The van der Waals surface area contributed by atoms with Gasteiger partial charge >= 0.3 is 12.2 Å². The number of nitrogens with zero attached hydrogens (tertiary/aromatic N) is 1. The zero-order chi connectivity index (χ0) is 12.8. The molecule has 0 fully saturated rings. The summed E-state index contributed by atoms with van der Waals surface area (Å²) in [5.41, 5.74) is 5.04. The third-order valence-corrected chi connectivity index (χ3v) is 1.48. The molecular formula is C7H12F5N3O. The van der Waals surface area contributed by atoms with Gasteiger partial charge in [-0.2, -0.15) is 13.2 Å². The highest BCUT2D eigenvalue weighted by Crippen LogP contribution is 2.12. The van der Waals surface area contributed by atoms with Crippen LogP contribution in [-0.2, 0) is 0 Å². The van der Waals surface area contributed by atoms with Gasteiger partial charge in [-0.25, -0.2) is 13.6 Å². The van der Waals surface area contributed by atoms with E-state index in [-0.39, 0.29) is 13.1 Å². The van der Waals surface area contributed by atoms with Crippen LogP contribution in [0.4, 0.5) is 26.7 Å². The number of carbonyl (C=O) groups is 1. The molecule has 2 amide bonds. The van der Waals surface area contributed by atoms with Gasteiger partial charge in [0.2, 0.25) is 0 Å². The maximum Gasteiger partial charge on any atom is 0.405 e. The van der Waals surface area contributed by atoms with Crippen LogP contribution in [0.25, 0.3) is 0 Å². The van der Waals surface area contributed by atoms with Crippen LogP contribution >= 0.6 is 0 Å². The standard InChI is InChI=1S/C7H12F5N3O/c8-5(9)3-15(2-1-13)6(16)14-4-7(10,11)12/h5H,1-4,13H2,(H,14,16). The molecule has 0 aliphatic rings. The lowest BCUT2D eigenvalue weighted by molar-refractivity contribution is -0.123. The molecule has 96 valence electrons. The van der Waals surface area contributed by atoms with E-state index in [0.717, 1.165) is 0 Å². The lowest BCUT2D eigenvalue weighted by atomic mass is 10.5. The van der Waals surface area contributed by atoms with Gasteiger partial charge in [-0.1, -0.05) is 0 Å². The molecule has 0 aliphatic heterocycles. The molecule has 16 heavy (non-hydrogen) atoms. The second kappa shape index (κ2) is 6.46. The Balaban J connectivity index is 4.16. The summed E-state index contributed by atoms with van der Waals surface area (Å²) in [4.78, 5) is 11.6. The average molecular weight is 249 g/mol. The predicted octanol–water partition coefficient (Wildman–Crippen LogP) is 0.784. The molecule has 3 N–H and O–H groups in total. The molecule has 0 aromatic carbocycles. The van der Waals surface area contributed by atoms with Crippen molar-refractivity contribution < 1.29 is 26.7 Å². The van der Waals surface area contributed by atoms with Crippen LogP contribution in [0.5, 0.6) is 0 Å².